The fourth-order valence-corrected chi connectivity index (χ4v) is 2.11. The molecule has 2 aromatic carbocycles. The lowest BCUT2D eigenvalue weighted by atomic mass is 10.1. The molecule has 1 aromatic heterocycles. The number of carbonyl (C=O) groups excluding carboxylic acids is 1. The van der Waals surface area contributed by atoms with Crippen molar-refractivity contribution in [2.45, 2.75) is 13.5 Å². The van der Waals surface area contributed by atoms with Crippen molar-refractivity contribution in [2.75, 3.05) is 0 Å². The molecule has 0 aliphatic carbocycles. The molecule has 1 amide bonds. The maximum absolute atomic E-state index is 11.9. The van der Waals surface area contributed by atoms with Gasteiger partial charge in [-0.1, -0.05) is 36.4 Å². The molecule has 3 aromatic rings. The topological polar surface area (TPSA) is 105 Å². The predicted octanol–water partition coefficient (Wildman–Crippen LogP) is 1.50. The number of aryl methyl sites for hydroxylation is 1. The highest BCUT2D eigenvalue weighted by Gasteiger charge is 2.08. The average Bonchev–Trinajstić information content (AvgIpc) is 3.06. The van der Waals surface area contributed by atoms with E-state index in [1.165, 1.54) is 11.0 Å². The van der Waals surface area contributed by atoms with Crippen LogP contribution in [0.4, 0.5) is 0 Å². The van der Waals surface area contributed by atoms with E-state index in [1.807, 2.05) is 43.3 Å². The standard InChI is InChI=1S/C17H16N6O2/c1-12-7-8-14(15(24)9-12)10-18-19-16(25)11-23-21-17(20-22-23)13-5-3-2-4-6-13/h2-10,24H,11H2,1H3,(H,19,25)/b18-10-. The van der Waals surface area contributed by atoms with Gasteiger partial charge in [-0.05, 0) is 29.8 Å². The maximum Gasteiger partial charge on any atom is 0.263 e. The van der Waals surface area contributed by atoms with E-state index in [-0.39, 0.29) is 12.3 Å². The molecule has 0 unspecified atom stereocenters. The molecule has 0 aliphatic heterocycles. The number of phenolic OH excluding ortho intramolecular Hbond substituents is 1. The maximum atomic E-state index is 11.9. The molecule has 0 atom stereocenters. The van der Waals surface area contributed by atoms with Crippen LogP contribution in [0.3, 0.4) is 0 Å². The van der Waals surface area contributed by atoms with Gasteiger partial charge in [-0.15, -0.1) is 10.2 Å². The summed E-state index contributed by atoms with van der Waals surface area (Å²) in [5.41, 5.74) is 4.63. The molecule has 0 saturated heterocycles. The second-order valence-electron chi connectivity index (χ2n) is 5.36. The highest BCUT2D eigenvalue weighted by atomic mass is 16.3. The molecule has 8 heteroatoms. The van der Waals surface area contributed by atoms with E-state index in [0.717, 1.165) is 11.1 Å². The minimum atomic E-state index is -0.403. The first-order chi connectivity index (χ1) is 12.1. The largest absolute Gasteiger partial charge is 0.507 e. The van der Waals surface area contributed by atoms with Crippen LogP contribution in [-0.2, 0) is 11.3 Å². The molecular weight excluding hydrogens is 320 g/mol. The summed E-state index contributed by atoms with van der Waals surface area (Å²) < 4.78 is 0. The summed E-state index contributed by atoms with van der Waals surface area (Å²) in [6, 6.07) is 14.5. The van der Waals surface area contributed by atoms with Crippen LogP contribution in [-0.4, -0.2) is 37.4 Å². The summed E-state index contributed by atoms with van der Waals surface area (Å²) in [4.78, 5) is 13.1. The molecule has 8 nitrogen and oxygen atoms in total. The number of nitrogens with one attached hydrogen (secondary N) is 1. The number of hydrogen-bond donors (Lipinski definition) is 2. The Morgan fingerprint density at radius 3 is 2.84 bits per heavy atom. The second-order valence-corrected chi connectivity index (χ2v) is 5.36. The third-order valence-corrected chi connectivity index (χ3v) is 3.35. The van der Waals surface area contributed by atoms with Crippen LogP contribution in [0.2, 0.25) is 0 Å². The SMILES string of the molecule is Cc1ccc(/C=N\NC(=O)Cn2nnc(-c3ccccc3)n2)c(O)c1. The van der Waals surface area contributed by atoms with Gasteiger partial charge in [0.25, 0.3) is 5.91 Å². The van der Waals surface area contributed by atoms with Gasteiger partial charge in [-0.2, -0.15) is 9.90 Å². The first-order valence-electron chi connectivity index (χ1n) is 7.56. The van der Waals surface area contributed by atoms with E-state index in [9.17, 15) is 9.90 Å². The Morgan fingerprint density at radius 2 is 2.08 bits per heavy atom. The first-order valence-corrected chi connectivity index (χ1v) is 7.56. The number of amides is 1. The first kappa shape index (κ1) is 16.3. The van der Waals surface area contributed by atoms with Gasteiger partial charge >= 0.3 is 0 Å². The number of hydrogen-bond acceptors (Lipinski definition) is 6. The highest BCUT2D eigenvalue weighted by Crippen LogP contribution is 2.16. The molecule has 3 rings (SSSR count). The van der Waals surface area contributed by atoms with Gasteiger partial charge in [-0.25, -0.2) is 5.43 Å². The van der Waals surface area contributed by atoms with Crippen LogP contribution in [0.1, 0.15) is 11.1 Å². The fraction of sp³-hybridized carbons (Fsp3) is 0.118. The van der Waals surface area contributed by atoms with E-state index in [0.29, 0.717) is 11.4 Å². The fourth-order valence-electron chi connectivity index (χ4n) is 2.11. The van der Waals surface area contributed by atoms with Crippen molar-refractivity contribution >= 4 is 12.1 Å². The van der Waals surface area contributed by atoms with Gasteiger partial charge in [0, 0.05) is 11.1 Å². The van der Waals surface area contributed by atoms with Crippen molar-refractivity contribution in [1.29, 1.82) is 0 Å². The monoisotopic (exact) mass is 336 g/mol. The minimum Gasteiger partial charge on any atom is -0.507 e. The summed E-state index contributed by atoms with van der Waals surface area (Å²) in [6.45, 7) is 1.76. The molecule has 1 heterocycles. The number of tetrazole rings is 1. The van der Waals surface area contributed by atoms with Crippen LogP contribution >= 0.6 is 0 Å². The second kappa shape index (κ2) is 7.35. The smallest absolute Gasteiger partial charge is 0.263 e. The molecule has 2 N–H and O–H groups in total. The summed E-state index contributed by atoms with van der Waals surface area (Å²) in [7, 11) is 0. The zero-order chi connectivity index (χ0) is 17.6. The van der Waals surface area contributed by atoms with Gasteiger partial charge in [0.05, 0.1) is 6.21 Å². The summed E-state index contributed by atoms with van der Waals surface area (Å²) in [6.07, 6.45) is 1.37. The summed E-state index contributed by atoms with van der Waals surface area (Å²) >= 11 is 0. The third-order valence-electron chi connectivity index (χ3n) is 3.35. The average molecular weight is 336 g/mol. The number of aromatic nitrogens is 4. The molecule has 126 valence electrons. The quantitative estimate of drug-likeness (QED) is 0.543. The minimum absolute atomic E-state index is 0.100. The summed E-state index contributed by atoms with van der Waals surface area (Å²) in [5, 5.41) is 25.5. The Kier molecular flexibility index (Phi) is 4.79. The van der Waals surface area contributed by atoms with Crippen molar-refractivity contribution in [2.24, 2.45) is 5.10 Å². The number of nitrogens with zero attached hydrogens (tertiary/aromatic N) is 5. The Balaban J connectivity index is 1.58. The number of hydrazone groups is 1. The van der Waals surface area contributed by atoms with Crippen LogP contribution in [0.15, 0.2) is 53.6 Å². The Labute approximate surface area is 143 Å². The van der Waals surface area contributed by atoms with Crippen LogP contribution in [0, 0.1) is 6.92 Å². The molecule has 25 heavy (non-hydrogen) atoms. The van der Waals surface area contributed by atoms with Gasteiger partial charge in [0.1, 0.15) is 12.3 Å². The number of benzene rings is 2. The zero-order valence-corrected chi connectivity index (χ0v) is 13.5. The Bertz CT molecular complexity index is 905. The Hall–Kier alpha value is -3.55. The molecule has 0 aliphatic rings. The van der Waals surface area contributed by atoms with Gasteiger partial charge in [-0.3, -0.25) is 4.79 Å². The van der Waals surface area contributed by atoms with Gasteiger partial charge in [0.15, 0.2) is 0 Å². The lowest BCUT2D eigenvalue weighted by Crippen LogP contribution is -2.24. The van der Waals surface area contributed by atoms with E-state index >= 15 is 0 Å². The predicted molar refractivity (Wildman–Crippen MR) is 91.8 cm³/mol. The molecule has 0 bridgehead atoms. The van der Waals surface area contributed by atoms with Crippen LogP contribution in [0.25, 0.3) is 11.4 Å². The lowest BCUT2D eigenvalue weighted by Gasteiger charge is -2.01. The van der Waals surface area contributed by atoms with Gasteiger partial charge in [0.2, 0.25) is 5.82 Å². The zero-order valence-electron chi connectivity index (χ0n) is 13.5. The van der Waals surface area contributed by atoms with Crippen molar-refractivity contribution in [1.82, 2.24) is 25.6 Å². The normalized spacial score (nSPS) is 10.9. The van der Waals surface area contributed by atoms with Gasteiger partial charge < -0.3 is 5.11 Å². The van der Waals surface area contributed by atoms with Crippen molar-refractivity contribution in [3.63, 3.8) is 0 Å². The van der Waals surface area contributed by atoms with E-state index < -0.39 is 5.91 Å². The van der Waals surface area contributed by atoms with Crippen molar-refractivity contribution in [3.8, 4) is 17.1 Å². The number of aromatic hydroxyl groups is 1. The molecule has 0 radical (unpaired) electrons. The van der Waals surface area contributed by atoms with E-state index in [4.69, 9.17) is 0 Å². The number of carbonyl (C=O) groups is 1. The molecule has 0 saturated carbocycles. The molecule has 0 fully saturated rings. The van der Waals surface area contributed by atoms with Crippen molar-refractivity contribution < 1.29 is 9.90 Å². The molecular formula is C17H16N6O2. The van der Waals surface area contributed by atoms with E-state index in [1.54, 1.807) is 12.1 Å². The number of phenols is 1. The lowest BCUT2D eigenvalue weighted by molar-refractivity contribution is -0.122. The van der Waals surface area contributed by atoms with Crippen molar-refractivity contribution in [3.05, 3.63) is 59.7 Å². The summed E-state index contributed by atoms with van der Waals surface area (Å²) in [5.74, 6) is 0.143. The van der Waals surface area contributed by atoms with E-state index in [2.05, 4.69) is 25.9 Å². The number of rotatable bonds is 5. The molecule has 0 spiro atoms. The highest BCUT2D eigenvalue weighted by molar-refractivity contribution is 5.85. The Morgan fingerprint density at radius 1 is 1.28 bits per heavy atom. The van der Waals surface area contributed by atoms with Crippen LogP contribution < -0.4 is 5.43 Å². The third kappa shape index (κ3) is 4.25. The van der Waals surface area contributed by atoms with Crippen LogP contribution in [0.5, 0.6) is 5.75 Å².